The minimum Gasteiger partial charge on any atom is -0.469 e. The molecule has 1 aromatic carbocycles. The Hall–Kier alpha value is -1.95. The highest BCUT2D eigenvalue weighted by molar-refractivity contribution is 5.72. The summed E-state index contributed by atoms with van der Waals surface area (Å²) in [4.78, 5) is 23.8. The van der Waals surface area contributed by atoms with Crippen LogP contribution in [0.2, 0.25) is 0 Å². The fourth-order valence-electron chi connectivity index (χ4n) is 2.05. The monoisotopic (exact) mass is 280 g/mol. The van der Waals surface area contributed by atoms with Gasteiger partial charge in [-0.05, 0) is 13.5 Å². The first kappa shape index (κ1) is 16.1. The Morgan fingerprint density at radius 1 is 1.45 bits per heavy atom. The zero-order valence-corrected chi connectivity index (χ0v) is 12.0. The number of carbonyl (C=O) groups excluding carboxylic acids is 1. The van der Waals surface area contributed by atoms with Gasteiger partial charge in [-0.2, -0.15) is 0 Å². The lowest BCUT2D eigenvalue weighted by atomic mass is 10.1. The van der Waals surface area contributed by atoms with Gasteiger partial charge < -0.3 is 9.64 Å². The molecule has 0 spiro atoms. The number of benzene rings is 1. The molecule has 1 aromatic rings. The van der Waals surface area contributed by atoms with Crippen molar-refractivity contribution in [3.05, 3.63) is 39.9 Å². The van der Waals surface area contributed by atoms with Crippen LogP contribution in [0.15, 0.2) is 24.3 Å². The van der Waals surface area contributed by atoms with Gasteiger partial charge >= 0.3 is 5.97 Å². The van der Waals surface area contributed by atoms with Crippen LogP contribution >= 0.6 is 0 Å². The van der Waals surface area contributed by atoms with Crippen LogP contribution in [0.25, 0.3) is 0 Å². The maximum Gasteiger partial charge on any atom is 0.309 e. The predicted molar refractivity (Wildman–Crippen MR) is 75.5 cm³/mol. The van der Waals surface area contributed by atoms with Crippen LogP contribution in [0.1, 0.15) is 12.5 Å². The molecule has 0 aliphatic rings. The smallest absolute Gasteiger partial charge is 0.309 e. The number of methoxy groups -OCH3 is 1. The zero-order valence-electron chi connectivity index (χ0n) is 12.0. The van der Waals surface area contributed by atoms with E-state index in [1.165, 1.54) is 13.2 Å². The molecule has 0 radical (unpaired) electrons. The summed E-state index contributed by atoms with van der Waals surface area (Å²) >= 11 is 0. The van der Waals surface area contributed by atoms with E-state index in [0.29, 0.717) is 25.1 Å². The van der Waals surface area contributed by atoms with Crippen molar-refractivity contribution < 1.29 is 14.5 Å². The molecular formula is C14H20N2O4. The van der Waals surface area contributed by atoms with Gasteiger partial charge in [-0.3, -0.25) is 14.9 Å². The Balaban J connectivity index is 2.55. The van der Waals surface area contributed by atoms with Gasteiger partial charge in [0.05, 0.1) is 18.0 Å². The molecule has 1 unspecified atom stereocenters. The second kappa shape index (κ2) is 7.59. The molecule has 1 rings (SSSR count). The van der Waals surface area contributed by atoms with Crippen LogP contribution in [-0.4, -0.2) is 43.0 Å². The number of nitro benzene ring substituents is 1. The fourth-order valence-corrected chi connectivity index (χ4v) is 2.05. The van der Waals surface area contributed by atoms with Gasteiger partial charge in [-0.25, -0.2) is 0 Å². The molecule has 0 fully saturated rings. The lowest BCUT2D eigenvalue weighted by molar-refractivity contribution is -0.385. The van der Waals surface area contributed by atoms with Crippen molar-refractivity contribution in [1.82, 2.24) is 4.90 Å². The highest BCUT2D eigenvalue weighted by atomic mass is 16.6. The fraction of sp³-hybridized carbons (Fsp3) is 0.500. The summed E-state index contributed by atoms with van der Waals surface area (Å²) < 4.78 is 4.67. The van der Waals surface area contributed by atoms with Gasteiger partial charge in [-0.1, -0.05) is 25.1 Å². The molecule has 0 aliphatic carbocycles. The second-order valence-corrected chi connectivity index (χ2v) is 4.82. The molecule has 20 heavy (non-hydrogen) atoms. The van der Waals surface area contributed by atoms with Crippen molar-refractivity contribution in [2.45, 2.75) is 13.3 Å². The van der Waals surface area contributed by atoms with E-state index < -0.39 is 0 Å². The van der Waals surface area contributed by atoms with E-state index in [9.17, 15) is 14.9 Å². The number of para-hydroxylation sites is 1. The Bertz CT molecular complexity index is 476. The highest BCUT2D eigenvalue weighted by Crippen LogP contribution is 2.18. The van der Waals surface area contributed by atoms with Gasteiger partial charge in [0.15, 0.2) is 0 Å². The molecule has 0 heterocycles. The van der Waals surface area contributed by atoms with Crippen LogP contribution in [0.4, 0.5) is 5.69 Å². The number of likely N-dealkylation sites (N-methyl/N-ethyl adjacent to an activating group) is 1. The number of hydrogen-bond acceptors (Lipinski definition) is 5. The Labute approximate surface area is 118 Å². The number of carbonyl (C=O) groups is 1. The lowest BCUT2D eigenvalue weighted by Crippen LogP contribution is -2.30. The first-order chi connectivity index (χ1) is 9.45. The number of esters is 1. The summed E-state index contributed by atoms with van der Waals surface area (Å²) in [5.74, 6) is -0.460. The van der Waals surface area contributed by atoms with Crippen LogP contribution in [0.3, 0.4) is 0 Å². The molecule has 0 bridgehead atoms. The SMILES string of the molecule is COC(=O)C(C)CN(C)CCc1ccccc1[N+](=O)[O-]. The Kier molecular flexibility index (Phi) is 6.11. The minimum absolute atomic E-state index is 0.141. The van der Waals surface area contributed by atoms with E-state index in [2.05, 4.69) is 4.74 Å². The average Bonchev–Trinajstić information content (AvgIpc) is 2.44. The van der Waals surface area contributed by atoms with Crippen molar-refractivity contribution in [2.75, 3.05) is 27.2 Å². The Morgan fingerprint density at radius 3 is 2.70 bits per heavy atom. The molecule has 1 atom stereocenters. The van der Waals surface area contributed by atoms with E-state index in [4.69, 9.17) is 0 Å². The second-order valence-electron chi connectivity index (χ2n) is 4.82. The summed E-state index contributed by atoms with van der Waals surface area (Å²) in [5.41, 5.74) is 0.844. The van der Waals surface area contributed by atoms with Crippen molar-refractivity contribution >= 4 is 11.7 Å². The van der Waals surface area contributed by atoms with Crippen molar-refractivity contribution in [3.63, 3.8) is 0 Å². The number of rotatable bonds is 7. The summed E-state index contributed by atoms with van der Waals surface area (Å²) in [7, 11) is 3.25. The van der Waals surface area contributed by atoms with Gasteiger partial charge in [0.2, 0.25) is 0 Å². The average molecular weight is 280 g/mol. The van der Waals surface area contributed by atoms with E-state index in [-0.39, 0.29) is 22.5 Å². The molecule has 0 amide bonds. The van der Waals surface area contributed by atoms with E-state index >= 15 is 0 Å². The maximum atomic E-state index is 11.3. The van der Waals surface area contributed by atoms with E-state index in [0.717, 1.165) is 0 Å². The first-order valence-corrected chi connectivity index (χ1v) is 6.44. The normalized spacial score (nSPS) is 12.2. The Morgan fingerprint density at radius 2 is 2.10 bits per heavy atom. The van der Waals surface area contributed by atoms with Crippen LogP contribution in [0, 0.1) is 16.0 Å². The van der Waals surface area contributed by atoms with Gasteiger partial charge in [-0.15, -0.1) is 0 Å². The lowest BCUT2D eigenvalue weighted by Gasteiger charge is -2.19. The molecule has 0 N–H and O–H groups in total. The standard InChI is InChI=1S/C14H20N2O4/c1-11(14(17)20-3)10-15(2)9-8-12-6-4-5-7-13(12)16(18)19/h4-7,11H,8-10H2,1-3H3. The molecule has 0 aliphatic heterocycles. The summed E-state index contributed by atoms with van der Waals surface area (Å²) in [5, 5.41) is 10.9. The molecule has 6 nitrogen and oxygen atoms in total. The van der Waals surface area contributed by atoms with Crippen LogP contribution < -0.4 is 0 Å². The quantitative estimate of drug-likeness (QED) is 0.433. The third kappa shape index (κ3) is 4.62. The van der Waals surface area contributed by atoms with Crippen LogP contribution in [0.5, 0.6) is 0 Å². The topological polar surface area (TPSA) is 72.7 Å². The van der Waals surface area contributed by atoms with Crippen molar-refractivity contribution in [1.29, 1.82) is 0 Å². The van der Waals surface area contributed by atoms with Crippen LogP contribution in [-0.2, 0) is 16.0 Å². The maximum absolute atomic E-state index is 11.3. The van der Waals surface area contributed by atoms with Gasteiger partial charge in [0.1, 0.15) is 0 Å². The third-order valence-corrected chi connectivity index (χ3v) is 3.14. The van der Waals surface area contributed by atoms with E-state index in [1.54, 1.807) is 25.1 Å². The van der Waals surface area contributed by atoms with Gasteiger partial charge in [0, 0.05) is 24.7 Å². The molecule has 0 saturated heterocycles. The molecule has 110 valence electrons. The summed E-state index contributed by atoms with van der Waals surface area (Å²) in [6, 6.07) is 6.71. The van der Waals surface area contributed by atoms with E-state index in [1.807, 2.05) is 11.9 Å². The third-order valence-electron chi connectivity index (χ3n) is 3.14. The summed E-state index contributed by atoms with van der Waals surface area (Å²) in [6.07, 6.45) is 0.571. The molecule has 0 aromatic heterocycles. The summed E-state index contributed by atoms with van der Waals surface area (Å²) in [6.45, 7) is 3.01. The number of nitro groups is 1. The minimum atomic E-state index is -0.369. The first-order valence-electron chi connectivity index (χ1n) is 6.44. The van der Waals surface area contributed by atoms with Gasteiger partial charge in [0.25, 0.3) is 5.69 Å². The number of ether oxygens (including phenoxy) is 1. The predicted octanol–water partition coefficient (Wildman–Crippen LogP) is 1.88. The molecular weight excluding hydrogens is 260 g/mol. The molecule has 0 saturated carbocycles. The van der Waals surface area contributed by atoms with Crippen molar-refractivity contribution in [3.8, 4) is 0 Å². The number of hydrogen-bond donors (Lipinski definition) is 0. The largest absolute Gasteiger partial charge is 0.469 e. The molecule has 6 heteroatoms. The highest BCUT2D eigenvalue weighted by Gasteiger charge is 2.17. The van der Waals surface area contributed by atoms with Crippen molar-refractivity contribution in [2.24, 2.45) is 5.92 Å². The number of nitrogens with zero attached hydrogens (tertiary/aromatic N) is 2. The zero-order chi connectivity index (χ0) is 15.1.